The molecule has 1 amide bonds. The van der Waals surface area contributed by atoms with Crippen LogP contribution in [0.4, 0.5) is 0 Å². The Kier molecular flexibility index (Phi) is 4.42. The second kappa shape index (κ2) is 6.07. The van der Waals surface area contributed by atoms with Crippen LogP contribution in [-0.4, -0.2) is 27.5 Å². The number of hydrogen-bond acceptors (Lipinski definition) is 4. The monoisotopic (exact) mass is 280 g/mol. The van der Waals surface area contributed by atoms with Crippen molar-refractivity contribution in [2.75, 3.05) is 0 Å². The molecule has 0 aromatic carbocycles. The van der Waals surface area contributed by atoms with Gasteiger partial charge in [-0.15, -0.1) is 0 Å². The lowest BCUT2D eigenvalue weighted by molar-refractivity contribution is -0.145. The topological polar surface area (TPSA) is 92.4 Å². The second-order valence-corrected chi connectivity index (χ2v) is 5.23. The number of carbonyl (C=O) groups is 2. The summed E-state index contributed by atoms with van der Waals surface area (Å²) in [4.78, 5) is 27.8. The fraction of sp³-hybridized carbons (Fsp3) is 0.643. The van der Waals surface area contributed by atoms with Crippen LogP contribution in [0.1, 0.15) is 61.7 Å². The molecule has 0 atom stereocenters. The predicted molar refractivity (Wildman–Crippen MR) is 71.4 cm³/mol. The first-order valence-corrected chi connectivity index (χ1v) is 7.07. The fourth-order valence-corrected chi connectivity index (χ4v) is 2.71. The van der Waals surface area contributed by atoms with Crippen LogP contribution in [0.25, 0.3) is 0 Å². The molecule has 0 bridgehead atoms. The molecule has 2 rings (SSSR count). The highest BCUT2D eigenvalue weighted by molar-refractivity contribution is 5.97. The zero-order chi connectivity index (χ0) is 14.6. The van der Waals surface area contributed by atoms with Crippen molar-refractivity contribution in [3.63, 3.8) is 0 Å². The maximum atomic E-state index is 12.3. The van der Waals surface area contributed by atoms with E-state index in [4.69, 9.17) is 4.42 Å². The number of carboxylic acids is 1. The highest BCUT2D eigenvalue weighted by Crippen LogP contribution is 2.28. The minimum absolute atomic E-state index is 0.192. The lowest BCUT2D eigenvalue weighted by Crippen LogP contribution is -2.54. The van der Waals surface area contributed by atoms with Gasteiger partial charge in [-0.1, -0.05) is 32.6 Å². The lowest BCUT2D eigenvalue weighted by atomic mass is 9.90. The van der Waals surface area contributed by atoms with Crippen molar-refractivity contribution in [2.24, 2.45) is 0 Å². The molecular weight excluding hydrogens is 260 g/mol. The predicted octanol–water partition coefficient (Wildman–Crippen LogP) is 2.14. The van der Waals surface area contributed by atoms with Gasteiger partial charge in [-0.05, 0) is 12.8 Å². The molecule has 20 heavy (non-hydrogen) atoms. The molecular formula is C14H20N2O4. The van der Waals surface area contributed by atoms with Crippen molar-refractivity contribution in [3.8, 4) is 0 Å². The molecule has 0 radical (unpaired) electrons. The van der Waals surface area contributed by atoms with Crippen LogP contribution in [0.3, 0.4) is 0 Å². The third-order valence-corrected chi connectivity index (χ3v) is 3.90. The first-order chi connectivity index (χ1) is 9.59. The van der Waals surface area contributed by atoms with E-state index in [-0.39, 0.29) is 5.69 Å². The number of oxazole rings is 1. The Bertz CT molecular complexity index is 487. The van der Waals surface area contributed by atoms with Crippen molar-refractivity contribution in [1.82, 2.24) is 10.3 Å². The second-order valence-electron chi connectivity index (χ2n) is 5.23. The van der Waals surface area contributed by atoms with E-state index in [9.17, 15) is 14.7 Å². The molecule has 0 spiro atoms. The van der Waals surface area contributed by atoms with Gasteiger partial charge in [0.25, 0.3) is 5.91 Å². The van der Waals surface area contributed by atoms with Crippen LogP contribution in [0.15, 0.2) is 10.8 Å². The van der Waals surface area contributed by atoms with Crippen LogP contribution in [0.5, 0.6) is 0 Å². The van der Waals surface area contributed by atoms with Gasteiger partial charge in [0.1, 0.15) is 11.3 Å². The zero-order valence-electron chi connectivity index (χ0n) is 11.6. The average molecular weight is 280 g/mol. The van der Waals surface area contributed by atoms with Crippen LogP contribution < -0.4 is 5.32 Å². The number of aryl methyl sites for hydroxylation is 1. The van der Waals surface area contributed by atoms with Gasteiger partial charge in [0.2, 0.25) is 0 Å². The fourth-order valence-electron chi connectivity index (χ4n) is 2.71. The highest BCUT2D eigenvalue weighted by atomic mass is 16.4. The molecule has 2 N–H and O–H groups in total. The number of amides is 1. The van der Waals surface area contributed by atoms with Crippen molar-refractivity contribution < 1.29 is 19.1 Å². The molecule has 1 fully saturated rings. The molecule has 1 heterocycles. The molecule has 1 saturated carbocycles. The first-order valence-electron chi connectivity index (χ1n) is 7.07. The van der Waals surface area contributed by atoms with Gasteiger partial charge in [-0.3, -0.25) is 4.79 Å². The molecule has 6 nitrogen and oxygen atoms in total. The SMILES string of the molecule is CCc1ocnc1C(=O)NC1(C(=O)O)CCCCCC1. The number of carbonyl (C=O) groups excluding carboxylic acids is 1. The van der Waals surface area contributed by atoms with E-state index < -0.39 is 17.4 Å². The zero-order valence-corrected chi connectivity index (χ0v) is 11.6. The van der Waals surface area contributed by atoms with Crippen molar-refractivity contribution in [1.29, 1.82) is 0 Å². The van der Waals surface area contributed by atoms with Gasteiger partial charge < -0.3 is 14.8 Å². The Morgan fingerprint density at radius 3 is 2.55 bits per heavy atom. The van der Waals surface area contributed by atoms with Crippen LogP contribution in [0.2, 0.25) is 0 Å². The summed E-state index contributed by atoms with van der Waals surface area (Å²) in [6.45, 7) is 1.86. The molecule has 1 aliphatic rings. The first kappa shape index (κ1) is 14.6. The third kappa shape index (κ3) is 2.84. The number of hydrogen-bond donors (Lipinski definition) is 2. The van der Waals surface area contributed by atoms with Crippen LogP contribution >= 0.6 is 0 Å². The summed E-state index contributed by atoms with van der Waals surface area (Å²) in [6.07, 6.45) is 6.33. The van der Waals surface area contributed by atoms with Crippen molar-refractivity contribution in [2.45, 2.75) is 57.4 Å². The summed E-state index contributed by atoms with van der Waals surface area (Å²) < 4.78 is 5.12. The number of aromatic nitrogens is 1. The summed E-state index contributed by atoms with van der Waals surface area (Å²) in [5.41, 5.74) is -0.977. The van der Waals surface area contributed by atoms with E-state index in [1.807, 2.05) is 6.92 Å². The number of nitrogens with one attached hydrogen (secondary N) is 1. The molecule has 110 valence electrons. The van der Waals surface area contributed by atoms with E-state index in [0.717, 1.165) is 25.7 Å². The van der Waals surface area contributed by atoms with Gasteiger partial charge in [-0.25, -0.2) is 9.78 Å². The van der Waals surface area contributed by atoms with E-state index in [2.05, 4.69) is 10.3 Å². The quantitative estimate of drug-likeness (QED) is 0.824. The Hall–Kier alpha value is -1.85. The Morgan fingerprint density at radius 1 is 1.35 bits per heavy atom. The number of nitrogens with zero attached hydrogens (tertiary/aromatic N) is 1. The maximum Gasteiger partial charge on any atom is 0.329 e. The van der Waals surface area contributed by atoms with Gasteiger partial charge >= 0.3 is 5.97 Å². The molecule has 0 saturated heterocycles. The van der Waals surface area contributed by atoms with Gasteiger partial charge in [-0.2, -0.15) is 0 Å². The molecule has 1 aliphatic carbocycles. The lowest BCUT2D eigenvalue weighted by Gasteiger charge is -2.29. The Labute approximate surface area is 117 Å². The summed E-state index contributed by atoms with van der Waals surface area (Å²) in [5.74, 6) is -0.939. The Balaban J connectivity index is 2.19. The van der Waals surface area contributed by atoms with Crippen molar-refractivity contribution in [3.05, 3.63) is 17.8 Å². The van der Waals surface area contributed by atoms with Crippen molar-refractivity contribution >= 4 is 11.9 Å². The smallest absolute Gasteiger partial charge is 0.329 e. The number of aliphatic carboxylic acids is 1. The van der Waals surface area contributed by atoms with Gasteiger partial charge in [0, 0.05) is 6.42 Å². The van der Waals surface area contributed by atoms with Crippen LogP contribution in [-0.2, 0) is 11.2 Å². The Morgan fingerprint density at radius 2 is 2.00 bits per heavy atom. The van der Waals surface area contributed by atoms with E-state index >= 15 is 0 Å². The largest absolute Gasteiger partial charge is 0.480 e. The summed E-state index contributed by atoms with van der Waals surface area (Å²) in [7, 11) is 0. The average Bonchev–Trinajstić information content (AvgIpc) is 2.78. The highest BCUT2D eigenvalue weighted by Gasteiger charge is 2.40. The van der Waals surface area contributed by atoms with Gasteiger partial charge in [0.15, 0.2) is 12.1 Å². The minimum Gasteiger partial charge on any atom is -0.480 e. The molecule has 6 heteroatoms. The van der Waals surface area contributed by atoms with Crippen LogP contribution in [0, 0.1) is 0 Å². The minimum atomic E-state index is -1.17. The molecule has 1 aromatic rings. The molecule has 1 aromatic heterocycles. The summed E-state index contributed by atoms with van der Waals surface area (Å²) in [6, 6.07) is 0. The molecule has 0 unspecified atom stereocenters. The number of carboxylic acid groups (broad SMARTS) is 1. The van der Waals surface area contributed by atoms with Gasteiger partial charge in [0.05, 0.1) is 0 Å². The summed E-state index contributed by atoms with van der Waals surface area (Å²) >= 11 is 0. The standard InChI is InChI=1S/C14H20N2O4/c1-2-10-11(15-9-20-10)12(17)16-14(13(18)19)7-5-3-4-6-8-14/h9H,2-8H2,1H3,(H,16,17)(H,18,19). The molecule has 0 aliphatic heterocycles. The summed E-state index contributed by atoms with van der Waals surface area (Å²) in [5, 5.41) is 12.2. The van der Waals surface area contributed by atoms with E-state index in [1.54, 1.807) is 0 Å². The number of rotatable bonds is 4. The van der Waals surface area contributed by atoms with E-state index in [1.165, 1.54) is 6.39 Å². The normalized spacial score (nSPS) is 18.2. The maximum absolute atomic E-state index is 12.3. The third-order valence-electron chi connectivity index (χ3n) is 3.90. The van der Waals surface area contributed by atoms with E-state index in [0.29, 0.717) is 25.0 Å².